The lowest BCUT2D eigenvalue weighted by molar-refractivity contribution is 0.582. The maximum atomic E-state index is 4.03. The van der Waals surface area contributed by atoms with Crippen LogP contribution in [0.15, 0.2) is 36.7 Å². The van der Waals surface area contributed by atoms with Crippen LogP contribution in [0.5, 0.6) is 0 Å². The number of nitrogens with zero attached hydrogens (tertiary/aromatic N) is 1. The van der Waals surface area contributed by atoms with Gasteiger partial charge < -0.3 is 5.32 Å². The third kappa shape index (κ3) is 2.96. The molecule has 2 heteroatoms. The van der Waals surface area contributed by atoms with E-state index in [-0.39, 0.29) is 0 Å². The van der Waals surface area contributed by atoms with E-state index in [2.05, 4.69) is 23.8 Å². The van der Waals surface area contributed by atoms with Crippen LogP contribution in [0.2, 0.25) is 0 Å². The summed E-state index contributed by atoms with van der Waals surface area (Å²) in [6.07, 6.45) is 5.70. The van der Waals surface area contributed by atoms with Gasteiger partial charge in [0.05, 0.1) is 0 Å². The van der Waals surface area contributed by atoms with E-state index in [0.29, 0.717) is 6.04 Å². The van der Waals surface area contributed by atoms with Gasteiger partial charge in [0, 0.05) is 18.4 Å². The molecule has 76 valence electrons. The third-order valence-corrected chi connectivity index (χ3v) is 2.45. The molecule has 1 rings (SSSR count). The molecule has 14 heavy (non-hydrogen) atoms. The molecule has 0 saturated carbocycles. The third-order valence-electron chi connectivity index (χ3n) is 2.45. The van der Waals surface area contributed by atoms with E-state index in [4.69, 9.17) is 0 Å². The second kappa shape index (κ2) is 5.55. The number of rotatable bonds is 5. The van der Waals surface area contributed by atoms with Gasteiger partial charge in [-0.2, -0.15) is 0 Å². The maximum absolute atomic E-state index is 4.03. The average Bonchev–Trinajstić information content (AvgIpc) is 2.26. The zero-order valence-corrected chi connectivity index (χ0v) is 8.96. The lowest BCUT2D eigenvalue weighted by Gasteiger charge is -2.17. The molecule has 1 atom stereocenters. The van der Waals surface area contributed by atoms with Crippen LogP contribution in [-0.2, 0) is 0 Å². The highest BCUT2D eigenvalue weighted by atomic mass is 14.9. The van der Waals surface area contributed by atoms with Crippen molar-refractivity contribution in [2.75, 3.05) is 7.05 Å². The summed E-state index contributed by atoms with van der Waals surface area (Å²) in [7, 11) is 1.98. The summed E-state index contributed by atoms with van der Waals surface area (Å²) in [5.74, 6) is 0. The summed E-state index contributed by atoms with van der Waals surface area (Å²) < 4.78 is 0. The standard InChI is InChI=1S/C12H18N2/c1-4-10(2)9-12(13-3)11-5-7-14-8-6-11/h5-8,12-13H,2,4,9H2,1,3H3. The minimum Gasteiger partial charge on any atom is -0.313 e. The monoisotopic (exact) mass is 190 g/mol. The number of hydrogen-bond acceptors (Lipinski definition) is 2. The van der Waals surface area contributed by atoms with E-state index < -0.39 is 0 Å². The second-order valence-corrected chi connectivity index (χ2v) is 3.43. The number of aromatic nitrogens is 1. The molecule has 0 spiro atoms. The Morgan fingerprint density at radius 3 is 2.64 bits per heavy atom. The summed E-state index contributed by atoms with van der Waals surface area (Å²) in [5.41, 5.74) is 2.55. The molecule has 0 amide bonds. The van der Waals surface area contributed by atoms with E-state index in [1.165, 1.54) is 11.1 Å². The van der Waals surface area contributed by atoms with Gasteiger partial charge in [-0.3, -0.25) is 4.98 Å². The summed E-state index contributed by atoms with van der Waals surface area (Å²) in [5, 5.41) is 3.29. The number of pyridine rings is 1. The number of hydrogen-bond donors (Lipinski definition) is 1. The van der Waals surface area contributed by atoms with E-state index in [0.717, 1.165) is 12.8 Å². The van der Waals surface area contributed by atoms with Crippen molar-refractivity contribution in [2.24, 2.45) is 0 Å². The van der Waals surface area contributed by atoms with Gasteiger partial charge in [0.15, 0.2) is 0 Å². The normalized spacial score (nSPS) is 12.4. The van der Waals surface area contributed by atoms with Gasteiger partial charge in [-0.1, -0.05) is 19.1 Å². The molecule has 0 bridgehead atoms. The van der Waals surface area contributed by atoms with Crippen LogP contribution in [0.1, 0.15) is 31.4 Å². The fraction of sp³-hybridized carbons (Fsp3) is 0.417. The molecule has 0 aromatic carbocycles. The molecule has 0 saturated heterocycles. The van der Waals surface area contributed by atoms with Crippen LogP contribution >= 0.6 is 0 Å². The van der Waals surface area contributed by atoms with Crippen molar-refractivity contribution >= 4 is 0 Å². The van der Waals surface area contributed by atoms with Crippen LogP contribution in [0.4, 0.5) is 0 Å². The first-order valence-corrected chi connectivity index (χ1v) is 5.01. The molecular formula is C12H18N2. The Hall–Kier alpha value is -1.15. The van der Waals surface area contributed by atoms with Crippen molar-refractivity contribution in [3.63, 3.8) is 0 Å². The summed E-state index contributed by atoms with van der Waals surface area (Å²) in [6.45, 7) is 6.17. The van der Waals surface area contributed by atoms with Crippen molar-refractivity contribution in [1.29, 1.82) is 0 Å². The zero-order valence-electron chi connectivity index (χ0n) is 8.96. The Kier molecular flexibility index (Phi) is 4.33. The molecule has 1 unspecified atom stereocenters. The van der Waals surface area contributed by atoms with Crippen molar-refractivity contribution in [3.8, 4) is 0 Å². The molecule has 1 N–H and O–H groups in total. The van der Waals surface area contributed by atoms with Gasteiger partial charge >= 0.3 is 0 Å². The summed E-state index contributed by atoms with van der Waals surface area (Å²) >= 11 is 0. The van der Waals surface area contributed by atoms with Gasteiger partial charge in [-0.25, -0.2) is 0 Å². The van der Waals surface area contributed by atoms with E-state index >= 15 is 0 Å². The quantitative estimate of drug-likeness (QED) is 0.722. The number of nitrogens with one attached hydrogen (secondary N) is 1. The minimum absolute atomic E-state index is 0.366. The second-order valence-electron chi connectivity index (χ2n) is 3.43. The Balaban J connectivity index is 2.68. The van der Waals surface area contributed by atoms with Crippen LogP contribution in [0.25, 0.3) is 0 Å². The van der Waals surface area contributed by atoms with Crippen molar-refractivity contribution < 1.29 is 0 Å². The highest BCUT2D eigenvalue weighted by molar-refractivity contribution is 5.17. The fourth-order valence-electron chi connectivity index (χ4n) is 1.42. The molecule has 0 radical (unpaired) electrons. The molecule has 0 aliphatic heterocycles. The van der Waals surface area contributed by atoms with E-state index in [1.54, 1.807) is 0 Å². The van der Waals surface area contributed by atoms with Crippen molar-refractivity contribution in [3.05, 3.63) is 42.2 Å². The van der Waals surface area contributed by atoms with Crippen LogP contribution in [0, 0.1) is 0 Å². The SMILES string of the molecule is C=C(CC)CC(NC)c1ccncc1. The molecule has 0 aliphatic carbocycles. The predicted octanol–water partition coefficient (Wildman–Crippen LogP) is 2.70. The maximum Gasteiger partial charge on any atom is 0.0356 e. The Morgan fingerprint density at radius 2 is 2.14 bits per heavy atom. The topological polar surface area (TPSA) is 24.9 Å². The molecule has 1 aromatic heterocycles. The summed E-state index contributed by atoms with van der Waals surface area (Å²) in [4.78, 5) is 4.01. The van der Waals surface area contributed by atoms with Crippen molar-refractivity contribution in [1.82, 2.24) is 10.3 Å². The fourth-order valence-corrected chi connectivity index (χ4v) is 1.42. The Labute approximate surface area is 86.1 Å². The smallest absolute Gasteiger partial charge is 0.0356 e. The minimum atomic E-state index is 0.366. The highest BCUT2D eigenvalue weighted by Crippen LogP contribution is 2.20. The summed E-state index contributed by atoms with van der Waals surface area (Å²) in [6, 6.07) is 4.46. The van der Waals surface area contributed by atoms with E-state index in [9.17, 15) is 0 Å². The van der Waals surface area contributed by atoms with Crippen LogP contribution < -0.4 is 5.32 Å². The van der Waals surface area contributed by atoms with Gasteiger partial charge in [0.25, 0.3) is 0 Å². The first-order valence-electron chi connectivity index (χ1n) is 5.01. The molecule has 0 fully saturated rings. The molecular weight excluding hydrogens is 172 g/mol. The zero-order chi connectivity index (χ0) is 10.4. The van der Waals surface area contributed by atoms with Crippen LogP contribution in [-0.4, -0.2) is 12.0 Å². The Bertz CT molecular complexity index is 280. The Morgan fingerprint density at radius 1 is 1.50 bits per heavy atom. The molecule has 1 aromatic rings. The van der Waals surface area contributed by atoms with Gasteiger partial charge in [-0.05, 0) is 37.6 Å². The molecule has 2 nitrogen and oxygen atoms in total. The van der Waals surface area contributed by atoms with Gasteiger partial charge in [0.2, 0.25) is 0 Å². The van der Waals surface area contributed by atoms with Gasteiger partial charge in [0.1, 0.15) is 0 Å². The van der Waals surface area contributed by atoms with Crippen molar-refractivity contribution in [2.45, 2.75) is 25.8 Å². The van der Waals surface area contributed by atoms with E-state index in [1.807, 2.05) is 31.6 Å². The average molecular weight is 190 g/mol. The highest BCUT2D eigenvalue weighted by Gasteiger charge is 2.08. The lowest BCUT2D eigenvalue weighted by Crippen LogP contribution is -2.16. The largest absolute Gasteiger partial charge is 0.313 e. The lowest BCUT2D eigenvalue weighted by atomic mass is 10.00. The molecule has 0 aliphatic rings. The first-order chi connectivity index (χ1) is 6.77. The molecule has 1 heterocycles. The van der Waals surface area contributed by atoms with Gasteiger partial charge in [-0.15, -0.1) is 0 Å². The van der Waals surface area contributed by atoms with Crippen LogP contribution in [0.3, 0.4) is 0 Å². The first kappa shape index (κ1) is 10.9. The predicted molar refractivity (Wildman–Crippen MR) is 60.1 cm³/mol.